The number of rotatable bonds is 10. The highest BCUT2D eigenvalue weighted by Crippen LogP contribution is 2.43. The van der Waals surface area contributed by atoms with E-state index in [1.165, 1.54) is 44.6 Å². The number of aromatic nitrogens is 1. The Morgan fingerprint density at radius 1 is 0.966 bits per heavy atom. The van der Waals surface area contributed by atoms with Crippen LogP contribution in [0.4, 0.5) is 4.39 Å². The van der Waals surface area contributed by atoms with E-state index < -0.39 is 12.9 Å². The number of hydrogen-bond acceptors (Lipinski definition) is 2. The van der Waals surface area contributed by atoms with E-state index in [1.807, 2.05) is 6.20 Å². The van der Waals surface area contributed by atoms with Gasteiger partial charge in [-0.05, 0) is 49.8 Å². The average Bonchev–Trinajstić information content (AvgIpc) is 3.03. The van der Waals surface area contributed by atoms with Crippen LogP contribution in [0, 0.1) is 17.2 Å². The summed E-state index contributed by atoms with van der Waals surface area (Å²) in [5.41, 5.74) is 0.721. The van der Waals surface area contributed by atoms with Crippen molar-refractivity contribution < 1.29 is 14.4 Å². The summed E-state index contributed by atoms with van der Waals surface area (Å²) in [5.74, 6) is -0.160. The maximum atomic E-state index is 14.2. The zero-order valence-electron chi connectivity index (χ0n) is 19.1. The van der Waals surface area contributed by atoms with E-state index in [1.54, 1.807) is 12.1 Å². The van der Waals surface area contributed by atoms with Gasteiger partial charge in [-0.3, -0.25) is 0 Å². The molecule has 0 saturated heterocycles. The Bertz CT molecular complexity index is 792. The zero-order chi connectivity index (χ0) is 21.8. The SMILES string of the molecule is CCCCCCCCC(C(C)(C)C)C(C)(C)n1ccc2c(B(O)O)c(F)ccc21. The lowest BCUT2D eigenvalue weighted by molar-refractivity contribution is 0.0854. The molecule has 0 fully saturated rings. The topological polar surface area (TPSA) is 45.4 Å². The molecule has 1 aromatic heterocycles. The molecule has 0 radical (unpaired) electrons. The maximum absolute atomic E-state index is 14.2. The molecule has 29 heavy (non-hydrogen) atoms. The van der Waals surface area contributed by atoms with E-state index in [-0.39, 0.29) is 16.4 Å². The molecule has 162 valence electrons. The molecule has 0 aliphatic heterocycles. The van der Waals surface area contributed by atoms with Gasteiger partial charge < -0.3 is 14.6 Å². The van der Waals surface area contributed by atoms with Crippen LogP contribution < -0.4 is 5.46 Å². The summed E-state index contributed by atoms with van der Waals surface area (Å²) in [6.07, 6.45) is 10.8. The maximum Gasteiger partial charge on any atom is 0.492 e. The van der Waals surface area contributed by atoms with Crippen molar-refractivity contribution in [3.63, 3.8) is 0 Å². The first-order valence-electron chi connectivity index (χ1n) is 11.2. The van der Waals surface area contributed by atoms with Crippen molar-refractivity contribution in [1.29, 1.82) is 0 Å². The molecule has 2 aromatic rings. The summed E-state index contributed by atoms with van der Waals surface area (Å²) >= 11 is 0. The van der Waals surface area contributed by atoms with Gasteiger partial charge >= 0.3 is 7.12 Å². The summed E-state index contributed by atoms with van der Waals surface area (Å²) in [7, 11) is -1.82. The second-order valence-electron chi connectivity index (χ2n) is 10.1. The van der Waals surface area contributed by atoms with E-state index in [2.05, 4.69) is 46.1 Å². The molecule has 2 N–H and O–H groups in total. The largest absolute Gasteiger partial charge is 0.492 e. The number of benzene rings is 1. The highest BCUT2D eigenvalue weighted by molar-refractivity contribution is 6.62. The number of halogens is 1. The Balaban J connectivity index is 2.33. The molecular formula is C24H39BFNO2. The van der Waals surface area contributed by atoms with Crippen LogP contribution in [0.3, 0.4) is 0 Å². The number of fused-ring (bicyclic) bond motifs is 1. The molecular weight excluding hydrogens is 364 g/mol. The molecule has 1 atom stereocenters. The monoisotopic (exact) mass is 403 g/mol. The van der Waals surface area contributed by atoms with E-state index >= 15 is 0 Å². The van der Waals surface area contributed by atoms with Crippen molar-refractivity contribution >= 4 is 23.5 Å². The minimum Gasteiger partial charge on any atom is -0.423 e. The first-order chi connectivity index (χ1) is 13.5. The molecule has 0 bridgehead atoms. The van der Waals surface area contributed by atoms with E-state index in [0.29, 0.717) is 11.3 Å². The molecule has 0 amide bonds. The summed E-state index contributed by atoms with van der Waals surface area (Å²) in [4.78, 5) is 0. The van der Waals surface area contributed by atoms with Crippen molar-refractivity contribution in [1.82, 2.24) is 4.57 Å². The predicted octanol–water partition coefficient (Wildman–Crippen LogP) is 5.61. The first kappa shape index (κ1) is 23.9. The lowest BCUT2D eigenvalue weighted by atomic mass is 9.67. The van der Waals surface area contributed by atoms with Crippen molar-refractivity contribution in [2.75, 3.05) is 0 Å². The molecule has 5 heteroatoms. The Morgan fingerprint density at radius 3 is 2.17 bits per heavy atom. The van der Waals surface area contributed by atoms with Gasteiger partial charge in [-0.1, -0.05) is 66.2 Å². The Morgan fingerprint density at radius 2 is 1.59 bits per heavy atom. The van der Waals surface area contributed by atoms with Gasteiger partial charge in [-0.2, -0.15) is 0 Å². The zero-order valence-corrected chi connectivity index (χ0v) is 19.1. The van der Waals surface area contributed by atoms with Crippen LogP contribution in [0.2, 0.25) is 0 Å². The molecule has 0 saturated carbocycles. The Kier molecular flexibility index (Phi) is 7.97. The lowest BCUT2D eigenvalue weighted by Gasteiger charge is -2.44. The fraction of sp³-hybridized carbons (Fsp3) is 0.667. The fourth-order valence-corrected chi connectivity index (χ4v) is 5.12. The van der Waals surface area contributed by atoms with E-state index in [0.717, 1.165) is 11.9 Å². The van der Waals surface area contributed by atoms with Gasteiger partial charge in [0.25, 0.3) is 0 Å². The van der Waals surface area contributed by atoms with Gasteiger partial charge in [0, 0.05) is 28.1 Å². The molecule has 1 heterocycles. The molecule has 2 rings (SSSR count). The van der Waals surface area contributed by atoms with E-state index in [9.17, 15) is 14.4 Å². The predicted molar refractivity (Wildman–Crippen MR) is 122 cm³/mol. The molecule has 1 aromatic carbocycles. The minimum absolute atomic E-state index is 0.0414. The Hall–Kier alpha value is -1.33. The normalized spacial score (nSPS) is 13.8. The van der Waals surface area contributed by atoms with Gasteiger partial charge in [0.15, 0.2) is 0 Å². The second kappa shape index (κ2) is 9.66. The van der Waals surface area contributed by atoms with Crippen LogP contribution in [-0.2, 0) is 5.54 Å². The van der Waals surface area contributed by atoms with Crippen LogP contribution in [-0.4, -0.2) is 21.7 Å². The van der Waals surface area contributed by atoms with Crippen LogP contribution in [0.25, 0.3) is 10.9 Å². The number of unbranched alkanes of at least 4 members (excludes halogenated alkanes) is 5. The fourth-order valence-electron chi connectivity index (χ4n) is 5.12. The highest BCUT2D eigenvalue weighted by atomic mass is 19.1. The van der Waals surface area contributed by atoms with Gasteiger partial charge in [0.05, 0.1) is 0 Å². The quantitative estimate of drug-likeness (QED) is 0.400. The molecule has 0 aliphatic rings. The minimum atomic E-state index is -1.82. The van der Waals surface area contributed by atoms with Crippen LogP contribution >= 0.6 is 0 Å². The summed E-state index contributed by atoms with van der Waals surface area (Å²) in [6, 6.07) is 4.89. The van der Waals surface area contributed by atoms with Crippen LogP contribution in [0.15, 0.2) is 24.4 Å². The number of nitrogens with zero attached hydrogens (tertiary/aromatic N) is 1. The van der Waals surface area contributed by atoms with Crippen molar-refractivity contribution in [2.45, 2.75) is 92.0 Å². The van der Waals surface area contributed by atoms with Gasteiger partial charge in [0.2, 0.25) is 0 Å². The summed E-state index contributed by atoms with van der Waals surface area (Å²) in [5, 5.41) is 19.9. The molecule has 0 aliphatic carbocycles. The standard InChI is InChI=1S/C24H39BFNO2/c1-7-8-9-10-11-12-13-21(23(2,3)4)24(5,6)27-17-16-18-20(27)15-14-19(26)22(18)25(28)29/h14-17,21,28-29H,7-13H2,1-6H3. The third-order valence-electron chi connectivity index (χ3n) is 6.48. The van der Waals surface area contributed by atoms with Crippen molar-refractivity contribution in [3.05, 3.63) is 30.2 Å². The lowest BCUT2D eigenvalue weighted by Crippen LogP contribution is -2.42. The van der Waals surface area contributed by atoms with Crippen LogP contribution in [0.1, 0.15) is 86.5 Å². The van der Waals surface area contributed by atoms with Crippen molar-refractivity contribution in [3.8, 4) is 0 Å². The average molecular weight is 403 g/mol. The van der Waals surface area contributed by atoms with Crippen molar-refractivity contribution in [2.24, 2.45) is 11.3 Å². The third-order valence-corrected chi connectivity index (χ3v) is 6.48. The third kappa shape index (κ3) is 5.43. The molecule has 1 unspecified atom stereocenters. The molecule has 0 spiro atoms. The first-order valence-corrected chi connectivity index (χ1v) is 11.2. The van der Waals surface area contributed by atoms with Gasteiger partial charge in [0.1, 0.15) is 5.82 Å². The van der Waals surface area contributed by atoms with Crippen LogP contribution in [0.5, 0.6) is 0 Å². The summed E-state index contributed by atoms with van der Waals surface area (Å²) < 4.78 is 16.4. The molecule has 3 nitrogen and oxygen atoms in total. The number of hydrogen-bond donors (Lipinski definition) is 2. The van der Waals surface area contributed by atoms with Gasteiger partial charge in [-0.25, -0.2) is 4.39 Å². The highest BCUT2D eigenvalue weighted by Gasteiger charge is 2.39. The second-order valence-corrected chi connectivity index (χ2v) is 10.1. The Labute approximate surface area is 176 Å². The summed E-state index contributed by atoms with van der Waals surface area (Å²) in [6.45, 7) is 13.6. The van der Waals surface area contributed by atoms with E-state index in [4.69, 9.17) is 0 Å². The smallest absolute Gasteiger partial charge is 0.423 e. The van der Waals surface area contributed by atoms with Gasteiger partial charge in [-0.15, -0.1) is 0 Å².